The van der Waals surface area contributed by atoms with Crippen LogP contribution in [0.2, 0.25) is 5.02 Å². The third-order valence-corrected chi connectivity index (χ3v) is 2.96. The molecular weight excluding hydrogens is 278 g/mol. The number of aryl methyl sites for hydroxylation is 1. The van der Waals surface area contributed by atoms with Gasteiger partial charge in [-0.2, -0.15) is 0 Å². The standard InChI is InChI=1S/C14H14ClN3O2/c15-12-4-5-13(19)18(10-12)8-2-7-17-14(20)11-3-1-6-16-9-11/h1,3-6,9-10H,2,7-8H2,(H,17,20). The van der Waals surface area contributed by atoms with Crippen LogP contribution >= 0.6 is 11.6 Å². The molecule has 0 bridgehead atoms. The van der Waals surface area contributed by atoms with Crippen LogP contribution in [0.5, 0.6) is 0 Å². The Bertz CT molecular complexity index is 640. The van der Waals surface area contributed by atoms with Crippen molar-refractivity contribution >= 4 is 17.5 Å². The highest BCUT2D eigenvalue weighted by molar-refractivity contribution is 6.30. The molecule has 0 aliphatic rings. The predicted octanol–water partition coefficient (Wildman–Crippen LogP) is 1.72. The maximum absolute atomic E-state index is 11.7. The third-order valence-electron chi connectivity index (χ3n) is 2.73. The molecule has 2 rings (SSSR count). The van der Waals surface area contributed by atoms with Crippen LogP contribution in [0, 0.1) is 0 Å². The number of hydrogen-bond donors (Lipinski definition) is 1. The van der Waals surface area contributed by atoms with Crippen LogP contribution in [-0.4, -0.2) is 22.0 Å². The van der Waals surface area contributed by atoms with Gasteiger partial charge in [0.1, 0.15) is 0 Å². The summed E-state index contributed by atoms with van der Waals surface area (Å²) < 4.78 is 1.53. The van der Waals surface area contributed by atoms with Gasteiger partial charge in [-0.15, -0.1) is 0 Å². The molecule has 2 aromatic rings. The Kier molecular flexibility index (Phi) is 4.90. The normalized spacial score (nSPS) is 10.2. The number of hydrogen-bond acceptors (Lipinski definition) is 3. The van der Waals surface area contributed by atoms with E-state index < -0.39 is 0 Å². The molecule has 20 heavy (non-hydrogen) atoms. The maximum Gasteiger partial charge on any atom is 0.252 e. The van der Waals surface area contributed by atoms with Crippen molar-refractivity contribution in [1.29, 1.82) is 0 Å². The third kappa shape index (κ3) is 3.93. The molecule has 0 aliphatic carbocycles. The number of aromatic nitrogens is 2. The van der Waals surface area contributed by atoms with E-state index in [4.69, 9.17) is 11.6 Å². The van der Waals surface area contributed by atoms with Crippen molar-refractivity contribution in [2.75, 3.05) is 6.54 Å². The Hall–Kier alpha value is -2.14. The zero-order valence-corrected chi connectivity index (χ0v) is 11.5. The number of pyridine rings is 2. The molecule has 0 saturated carbocycles. The molecule has 0 radical (unpaired) electrons. The lowest BCUT2D eigenvalue weighted by molar-refractivity contribution is 0.0952. The molecule has 0 saturated heterocycles. The number of rotatable bonds is 5. The molecule has 0 fully saturated rings. The lowest BCUT2D eigenvalue weighted by Crippen LogP contribution is -2.26. The number of nitrogens with one attached hydrogen (secondary N) is 1. The molecule has 104 valence electrons. The van der Waals surface area contributed by atoms with Crippen molar-refractivity contribution < 1.29 is 4.79 Å². The van der Waals surface area contributed by atoms with E-state index >= 15 is 0 Å². The van der Waals surface area contributed by atoms with Crippen LogP contribution in [0.25, 0.3) is 0 Å². The fourth-order valence-corrected chi connectivity index (χ4v) is 1.91. The van der Waals surface area contributed by atoms with Gasteiger partial charge in [-0.3, -0.25) is 14.6 Å². The summed E-state index contributed by atoms with van der Waals surface area (Å²) in [5.41, 5.74) is 0.417. The fraction of sp³-hybridized carbons (Fsp3) is 0.214. The van der Waals surface area contributed by atoms with Crippen molar-refractivity contribution in [3.63, 3.8) is 0 Å². The second-order valence-corrected chi connectivity index (χ2v) is 4.67. The molecule has 1 amide bonds. The first-order valence-corrected chi connectivity index (χ1v) is 6.59. The molecule has 0 unspecified atom stereocenters. The van der Waals surface area contributed by atoms with Gasteiger partial charge >= 0.3 is 0 Å². The quantitative estimate of drug-likeness (QED) is 0.853. The van der Waals surface area contributed by atoms with E-state index in [0.717, 1.165) is 0 Å². The van der Waals surface area contributed by atoms with Gasteiger partial charge in [-0.1, -0.05) is 11.6 Å². The number of carbonyl (C=O) groups is 1. The van der Waals surface area contributed by atoms with E-state index in [9.17, 15) is 9.59 Å². The Morgan fingerprint density at radius 2 is 2.20 bits per heavy atom. The van der Waals surface area contributed by atoms with Crippen LogP contribution in [-0.2, 0) is 6.54 Å². The summed E-state index contributed by atoms with van der Waals surface area (Å²) >= 11 is 5.82. The Morgan fingerprint density at radius 3 is 2.95 bits per heavy atom. The maximum atomic E-state index is 11.7. The van der Waals surface area contributed by atoms with Crippen molar-refractivity contribution in [1.82, 2.24) is 14.9 Å². The van der Waals surface area contributed by atoms with Gasteiger partial charge in [0.05, 0.1) is 10.6 Å². The lowest BCUT2D eigenvalue weighted by Gasteiger charge is -2.07. The highest BCUT2D eigenvalue weighted by Crippen LogP contribution is 2.03. The molecular formula is C14H14ClN3O2. The van der Waals surface area contributed by atoms with E-state index in [0.29, 0.717) is 30.1 Å². The number of halogens is 1. The van der Waals surface area contributed by atoms with Crippen molar-refractivity contribution in [2.24, 2.45) is 0 Å². The minimum atomic E-state index is -0.170. The van der Waals surface area contributed by atoms with Crippen molar-refractivity contribution in [3.05, 3.63) is 63.8 Å². The van der Waals surface area contributed by atoms with Gasteiger partial charge in [0.15, 0.2) is 0 Å². The second kappa shape index (κ2) is 6.86. The molecule has 2 heterocycles. The van der Waals surface area contributed by atoms with Crippen LogP contribution in [0.3, 0.4) is 0 Å². The van der Waals surface area contributed by atoms with Crippen LogP contribution in [0.4, 0.5) is 0 Å². The molecule has 0 aromatic carbocycles. The summed E-state index contributed by atoms with van der Waals surface area (Å²) in [6.45, 7) is 0.986. The number of nitrogens with zero attached hydrogens (tertiary/aromatic N) is 2. The largest absolute Gasteiger partial charge is 0.352 e. The van der Waals surface area contributed by atoms with Crippen LogP contribution in [0.15, 0.2) is 47.7 Å². The van der Waals surface area contributed by atoms with Gasteiger partial charge in [-0.05, 0) is 24.6 Å². The van der Waals surface area contributed by atoms with Crippen molar-refractivity contribution in [2.45, 2.75) is 13.0 Å². The molecule has 5 nitrogen and oxygen atoms in total. The smallest absolute Gasteiger partial charge is 0.252 e. The highest BCUT2D eigenvalue weighted by Gasteiger charge is 2.04. The first-order chi connectivity index (χ1) is 9.66. The molecule has 1 N–H and O–H groups in total. The SMILES string of the molecule is O=C(NCCCn1cc(Cl)ccc1=O)c1cccnc1. The topological polar surface area (TPSA) is 64.0 Å². The summed E-state index contributed by atoms with van der Waals surface area (Å²) in [4.78, 5) is 27.1. The Balaban J connectivity index is 1.81. The number of amides is 1. The Labute approximate surface area is 121 Å². The number of carbonyl (C=O) groups excluding carboxylic acids is 1. The van der Waals surface area contributed by atoms with Gasteiger partial charge in [0.2, 0.25) is 0 Å². The zero-order valence-electron chi connectivity index (χ0n) is 10.8. The summed E-state index contributed by atoms with van der Waals surface area (Å²) in [5, 5.41) is 3.29. The molecule has 0 spiro atoms. The lowest BCUT2D eigenvalue weighted by atomic mass is 10.2. The summed E-state index contributed by atoms with van der Waals surface area (Å²) in [5.74, 6) is -0.170. The minimum Gasteiger partial charge on any atom is -0.352 e. The van der Waals surface area contributed by atoms with Crippen LogP contribution < -0.4 is 10.9 Å². The summed E-state index contributed by atoms with van der Waals surface area (Å²) in [7, 11) is 0. The highest BCUT2D eigenvalue weighted by atomic mass is 35.5. The molecule has 0 atom stereocenters. The van der Waals surface area contributed by atoms with E-state index in [-0.39, 0.29) is 11.5 Å². The zero-order chi connectivity index (χ0) is 14.4. The molecule has 2 aromatic heterocycles. The molecule has 0 aliphatic heterocycles. The van der Waals surface area contributed by atoms with E-state index in [2.05, 4.69) is 10.3 Å². The minimum absolute atomic E-state index is 0.104. The monoisotopic (exact) mass is 291 g/mol. The predicted molar refractivity (Wildman–Crippen MR) is 76.9 cm³/mol. The van der Waals surface area contributed by atoms with Gasteiger partial charge in [0, 0.05) is 37.7 Å². The fourth-order valence-electron chi connectivity index (χ4n) is 1.73. The Morgan fingerprint density at radius 1 is 1.35 bits per heavy atom. The van der Waals surface area contributed by atoms with Crippen molar-refractivity contribution in [3.8, 4) is 0 Å². The average Bonchev–Trinajstić information content (AvgIpc) is 2.47. The van der Waals surface area contributed by atoms with E-state index in [1.54, 1.807) is 30.6 Å². The average molecular weight is 292 g/mol. The summed E-state index contributed by atoms with van der Waals surface area (Å²) in [6.07, 6.45) is 5.36. The first-order valence-electron chi connectivity index (χ1n) is 6.21. The van der Waals surface area contributed by atoms with Gasteiger partial charge in [-0.25, -0.2) is 0 Å². The molecule has 6 heteroatoms. The van der Waals surface area contributed by atoms with Gasteiger partial charge in [0.25, 0.3) is 11.5 Å². The second-order valence-electron chi connectivity index (χ2n) is 4.23. The first kappa shape index (κ1) is 14.3. The van der Waals surface area contributed by atoms with Crippen LogP contribution in [0.1, 0.15) is 16.8 Å². The summed E-state index contributed by atoms with van der Waals surface area (Å²) in [6, 6.07) is 6.39. The van der Waals surface area contributed by atoms with E-state index in [1.807, 2.05) is 0 Å². The van der Waals surface area contributed by atoms with Gasteiger partial charge < -0.3 is 9.88 Å². The van der Waals surface area contributed by atoms with E-state index in [1.165, 1.54) is 16.8 Å².